The van der Waals surface area contributed by atoms with Gasteiger partial charge in [0.2, 0.25) is 21.8 Å². The molecule has 220 valence electrons. The van der Waals surface area contributed by atoms with Gasteiger partial charge < -0.3 is 10.2 Å². The Morgan fingerprint density at radius 2 is 1.45 bits per heavy atom. The molecule has 0 spiro atoms. The predicted molar refractivity (Wildman–Crippen MR) is 167 cm³/mol. The lowest BCUT2D eigenvalue weighted by molar-refractivity contribution is -0.141. The summed E-state index contributed by atoms with van der Waals surface area (Å²) in [5, 5.41) is 4.72. The van der Waals surface area contributed by atoms with Crippen LogP contribution in [0.15, 0.2) is 102 Å². The molecule has 42 heavy (non-hydrogen) atoms. The third-order valence-electron chi connectivity index (χ3n) is 7.22. The van der Waals surface area contributed by atoms with Crippen LogP contribution in [-0.2, 0) is 32.6 Å². The number of fused-ring (bicyclic) bond motifs is 1. The van der Waals surface area contributed by atoms with Crippen LogP contribution in [0, 0.1) is 12.8 Å². The lowest BCUT2D eigenvalue weighted by atomic mass is 10.0. The van der Waals surface area contributed by atoms with Crippen molar-refractivity contribution in [3.63, 3.8) is 0 Å². The molecular formula is C34H39N3O4S. The third-order valence-corrected chi connectivity index (χ3v) is 9.02. The quantitative estimate of drug-likeness (QED) is 0.248. The van der Waals surface area contributed by atoms with E-state index in [1.165, 1.54) is 11.9 Å². The van der Waals surface area contributed by atoms with Crippen LogP contribution in [0.5, 0.6) is 0 Å². The number of carbonyl (C=O) groups excluding carboxylic acids is 2. The zero-order valence-electron chi connectivity index (χ0n) is 24.7. The maximum atomic E-state index is 14.0. The number of nitrogens with zero attached hydrogens (tertiary/aromatic N) is 2. The summed E-state index contributed by atoms with van der Waals surface area (Å²) in [6.07, 6.45) is 0.295. The van der Waals surface area contributed by atoms with Gasteiger partial charge in [0.25, 0.3) is 0 Å². The summed E-state index contributed by atoms with van der Waals surface area (Å²) in [6, 6.07) is 28.9. The Hall–Kier alpha value is -4.01. The Morgan fingerprint density at radius 1 is 0.810 bits per heavy atom. The van der Waals surface area contributed by atoms with Gasteiger partial charge in [-0.15, -0.1) is 0 Å². The number of likely N-dealkylation sites (N-methyl/N-ethyl adjacent to an activating group) is 1. The van der Waals surface area contributed by atoms with Crippen LogP contribution in [0.3, 0.4) is 0 Å². The van der Waals surface area contributed by atoms with Crippen molar-refractivity contribution in [2.75, 3.05) is 20.1 Å². The topological polar surface area (TPSA) is 86.8 Å². The highest BCUT2D eigenvalue weighted by molar-refractivity contribution is 7.89. The Kier molecular flexibility index (Phi) is 10.1. The highest BCUT2D eigenvalue weighted by Gasteiger charge is 2.33. The molecule has 8 heteroatoms. The molecule has 7 nitrogen and oxygen atoms in total. The molecule has 4 aromatic carbocycles. The molecule has 0 radical (unpaired) electrons. The fraction of sp³-hybridized carbons (Fsp3) is 0.294. The maximum absolute atomic E-state index is 14.0. The molecule has 0 aliphatic heterocycles. The first-order valence-corrected chi connectivity index (χ1v) is 15.6. The second-order valence-corrected chi connectivity index (χ2v) is 13.2. The molecule has 4 rings (SSSR count). The van der Waals surface area contributed by atoms with Crippen molar-refractivity contribution in [1.29, 1.82) is 0 Å². The molecule has 0 saturated carbocycles. The van der Waals surface area contributed by atoms with Crippen LogP contribution in [0.4, 0.5) is 0 Å². The van der Waals surface area contributed by atoms with E-state index in [0.717, 1.165) is 31.8 Å². The largest absolute Gasteiger partial charge is 0.354 e. The van der Waals surface area contributed by atoms with Crippen molar-refractivity contribution < 1.29 is 18.0 Å². The van der Waals surface area contributed by atoms with Crippen molar-refractivity contribution in [3.8, 4) is 0 Å². The molecular weight excluding hydrogens is 546 g/mol. The summed E-state index contributed by atoms with van der Waals surface area (Å²) in [5.41, 5.74) is 2.83. The smallest absolute Gasteiger partial charge is 0.243 e. The fourth-order valence-corrected chi connectivity index (χ4v) is 5.90. The van der Waals surface area contributed by atoms with E-state index in [1.54, 1.807) is 18.2 Å². The second kappa shape index (κ2) is 13.8. The number of hydrogen-bond donors (Lipinski definition) is 1. The first-order valence-electron chi connectivity index (χ1n) is 14.2. The average molecular weight is 586 g/mol. The van der Waals surface area contributed by atoms with Crippen molar-refractivity contribution in [2.24, 2.45) is 5.92 Å². The van der Waals surface area contributed by atoms with Crippen LogP contribution >= 0.6 is 0 Å². The molecule has 1 atom stereocenters. The Balaban J connectivity index is 1.66. The fourth-order valence-electron chi connectivity index (χ4n) is 4.74. The lowest BCUT2D eigenvalue weighted by Gasteiger charge is -2.33. The van der Waals surface area contributed by atoms with Gasteiger partial charge in [-0.1, -0.05) is 104 Å². The second-order valence-electron chi connectivity index (χ2n) is 11.1. The van der Waals surface area contributed by atoms with Crippen LogP contribution in [0.2, 0.25) is 0 Å². The molecule has 0 fully saturated rings. The number of amides is 2. The van der Waals surface area contributed by atoms with E-state index < -0.39 is 28.5 Å². The molecule has 2 amide bonds. The Bertz CT molecular complexity index is 1620. The lowest BCUT2D eigenvalue weighted by Crippen LogP contribution is -2.53. The van der Waals surface area contributed by atoms with Gasteiger partial charge in [-0.2, -0.15) is 4.31 Å². The van der Waals surface area contributed by atoms with Crippen LogP contribution < -0.4 is 5.32 Å². The number of aryl methyl sites for hydroxylation is 1. The van der Waals surface area contributed by atoms with Crippen molar-refractivity contribution in [2.45, 2.75) is 44.7 Å². The van der Waals surface area contributed by atoms with Crippen molar-refractivity contribution >= 4 is 32.6 Å². The first-order chi connectivity index (χ1) is 20.0. The van der Waals surface area contributed by atoms with Gasteiger partial charge in [0, 0.05) is 26.6 Å². The van der Waals surface area contributed by atoms with Gasteiger partial charge in [-0.25, -0.2) is 8.42 Å². The van der Waals surface area contributed by atoms with E-state index >= 15 is 0 Å². The van der Waals surface area contributed by atoms with Gasteiger partial charge in [-0.3, -0.25) is 9.59 Å². The monoisotopic (exact) mass is 585 g/mol. The normalized spacial score (nSPS) is 12.4. The average Bonchev–Trinajstić information content (AvgIpc) is 2.98. The highest BCUT2D eigenvalue weighted by Crippen LogP contribution is 2.22. The molecule has 1 N–H and O–H groups in total. The summed E-state index contributed by atoms with van der Waals surface area (Å²) >= 11 is 0. The zero-order valence-corrected chi connectivity index (χ0v) is 25.5. The molecule has 0 saturated heterocycles. The number of rotatable bonds is 12. The van der Waals surface area contributed by atoms with E-state index in [-0.39, 0.29) is 23.3 Å². The molecule has 1 unspecified atom stereocenters. The van der Waals surface area contributed by atoms with E-state index in [1.807, 2.05) is 99.6 Å². The number of hydrogen-bond acceptors (Lipinski definition) is 4. The Morgan fingerprint density at radius 3 is 2.12 bits per heavy atom. The van der Waals surface area contributed by atoms with E-state index in [4.69, 9.17) is 0 Å². The van der Waals surface area contributed by atoms with Crippen LogP contribution in [0.25, 0.3) is 10.8 Å². The van der Waals surface area contributed by atoms with Gasteiger partial charge >= 0.3 is 0 Å². The summed E-state index contributed by atoms with van der Waals surface area (Å²) in [4.78, 5) is 29.3. The van der Waals surface area contributed by atoms with Gasteiger partial charge in [0.05, 0.1) is 11.4 Å². The van der Waals surface area contributed by atoms with Gasteiger partial charge in [0.1, 0.15) is 6.04 Å². The van der Waals surface area contributed by atoms with Gasteiger partial charge in [0.15, 0.2) is 0 Å². The predicted octanol–water partition coefficient (Wildman–Crippen LogP) is 5.18. The highest BCUT2D eigenvalue weighted by atomic mass is 32.2. The maximum Gasteiger partial charge on any atom is 0.243 e. The van der Waals surface area contributed by atoms with Crippen LogP contribution in [0.1, 0.15) is 30.5 Å². The molecule has 0 aromatic heterocycles. The van der Waals surface area contributed by atoms with Crippen molar-refractivity contribution in [3.05, 3.63) is 114 Å². The zero-order chi connectivity index (χ0) is 30.3. The van der Waals surface area contributed by atoms with Crippen LogP contribution in [-0.4, -0.2) is 55.6 Å². The summed E-state index contributed by atoms with van der Waals surface area (Å²) < 4.78 is 28.2. The summed E-state index contributed by atoms with van der Waals surface area (Å²) in [7, 11) is -2.58. The SMILES string of the molecule is Cc1ccc(CN(C(=O)CN(C)S(=O)(=O)c2ccc3ccccc3c2)C(Cc2ccccc2)C(=O)NCC(C)C)cc1. The molecule has 0 aliphatic carbocycles. The number of benzene rings is 4. The summed E-state index contributed by atoms with van der Waals surface area (Å²) in [5.74, 6) is -0.498. The van der Waals surface area contributed by atoms with Gasteiger partial charge in [-0.05, 0) is 46.9 Å². The van der Waals surface area contributed by atoms with E-state index in [9.17, 15) is 18.0 Å². The molecule has 0 aliphatic rings. The molecule has 0 bridgehead atoms. The van der Waals surface area contributed by atoms with E-state index in [0.29, 0.717) is 13.0 Å². The number of carbonyl (C=O) groups is 2. The first kappa shape index (κ1) is 30.9. The standard InChI is InChI=1S/C34H39N3O4S/c1-25(2)22-35-34(39)32(20-27-10-6-5-7-11-27)37(23-28-16-14-26(3)15-17-28)33(38)24-36(4)42(40,41)31-19-18-29-12-8-9-13-30(29)21-31/h5-19,21,25,32H,20,22-24H2,1-4H3,(H,35,39). The summed E-state index contributed by atoms with van der Waals surface area (Å²) in [6.45, 7) is 6.21. The number of nitrogens with one attached hydrogen (secondary N) is 1. The minimum atomic E-state index is -3.98. The Labute approximate surface area is 249 Å². The van der Waals surface area contributed by atoms with E-state index in [2.05, 4.69) is 5.32 Å². The molecule has 4 aromatic rings. The van der Waals surface area contributed by atoms with Crippen molar-refractivity contribution in [1.82, 2.24) is 14.5 Å². The third kappa shape index (κ3) is 7.84. The minimum absolute atomic E-state index is 0.108. The minimum Gasteiger partial charge on any atom is -0.354 e. The number of sulfonamides is 1. The molecule has 0 heterocycles.